The minimum atomic E-state index is -0.757. The first-order valence-corrected chi connectivity index (χ1v) is 12.1. The molecule has 2 amide bonds. The second-order valence-electron chi connectivity index (χ2n) is 6.95. The molecular weight excluding hydrogens is 492 g/mol. The molecule has 2 aromatic carbocycles. The van der Waals surface area contributed by atoms with Gasteiger partial charge in [0.25, 0.3) is 5.91 Å². The summed E-state index contributed by atoms with van der Waals surface area (Å²) in [6.07, 6.45) is 0. The predicted octanol–water partition coefficient (Wildman–Crippen LogP) is 3.80. The van der Waals surface area contributed by atoms with Crippen molar-refractivity contribution in [3.63, 3.8) is 0 Å². The Morgan fingerprint density at radius 2 is 1.83 bits per heavy atom. The summed E-state index contributed by atoms with van der Waals surface area (Å²) in [5.74, 6) is -1.33. The number of aromatic nitrogens is 2. The van der Waals surface area contributed by atoms with E-state index in [1.54, 1.807) is 55.5 Å². The molecule has 12 heteroatoms. The van der Waals surface area contributed by atoms with Crippen LogP contribution in [0.1, 0.15) is 27.6 Å². The lowest BCUT2D eigenvalue weighted by atomic mass is 10.2. The van der Waals surface area contributed by atoms with Crippen LogP contribution >= 0.6 is 23.1 Å². The standard InChI is InChI=1S/C23H18N4O6S2/c1-2-32-20(30)13-7-9-15(10-8-13)24-18(28)12-34-23-27-26-22(35-23)25-19(29)16-11-14-5-3-4-6-17(14)33-21(16)31/h3-11H,2,12H2,1H3,(H,24,28)(H,25,26,29). The minimum absolute atomic E-state index is 0.0521. The molecule has 0 unspecified atom stereocenters. The molecular formula is C23H18N4O6S2. The SMILES string of the molecule is CCOC(=O)c1ccc(NC(=O)CSc2nnc(NC(=O)c3cc4ccccc4oc3=O)s2)cc1. The molecule has 2 aromatic heterocycles. The van der Waals surface area contributed by atoms with Gasteiger partial charge in [0.15, 0.2) is 4.34 Å². The first-order valence-electron chi connectivity index (χ1n) is 10.3. The highest BCUT2D eigenvalue weighted by atomic mass is 32.2. The zero-order valence-corrected chi connectivity index (χ0v) is 19.9. The van der Waals surface area contributed by atoms with E-state index in [2.05, 4.69) is 20.8 Å². The van der Waals surface area contributed by atoms with Crippen molar-refractivity contribution < 1.29 is 23.5 Å². The fourth-order valence-corrected chi connectivity index (χ4v) is 4.48. The average Bonchev–Trinajstić information content (AvgIpc) is 3.30. The minimum Gasteiger partial charge on any atom is -0.462 e. The smallest absolute Gasteiger partial charge is 0.349 e. The van der Waals surface area contributed by atoms with Gasteiger partial charge in [-0.05, 0) is 43.3 Å². The molecule has 2 heterocycles. The molecule has 0 aliphatic carbocycles. The van der Waals surface area contributed by atoms with Crippen LogP contribution in [0.15, 0.2) is 68.1 Å². The maximum absolute atomic E-state index is 12.5. The van der Waals surface area contributed by atoms with E-state index in [-0.39, 0.29) is 29.0 Å². The zero-order valence-electron chi connectivity index (χ0n) is 18.3. The predicted molar refractivity (Wildman–Crippen MR) is 132 cm³/mol. The number of thioether (sulfide) groups is 1. The highest BCUT2D eigenvalue weighted by Crippen LogP contribution is 2.26. The van der Waals surface area contributed by atoms with Crippen LogP contribution in [0.4, 0.5) is 10.8 Å². The van der Waals surface area contributed by atoms with Crippen molar-refractivity contribution in [1.29, 1.82) is 0 Å². The molecule has 0 aliphatic heterocycles. The molecule has 0 fully saturated rings. The summed E-state index contributed by atoms with van der Waals surface area (Å²) in [4.78, 5) is 48.6. The molecule has 0 saturated heterocycles. The van der Waals surface area contributed by atoms with Crippen LogP contribution in [-0.2, 0) is 9.53 Å². The van der Waals surface area contributed by atoms with E-state index in [1.165, 1.54) is 6.07 Å². The molecule has 10 nitrogen and oxygen atoms in total. The Hall–Kier alpha value is -4.03. The number of fused-ring (bicyclic) bond motifs is 1. The second kappa shape index (κ2) is 10.9. The fourth-order valence-electron chi connectivity index (χ4n) is 2.93. The van der Waals surface area contributed by atoms with Gasteiger partial charge in [-0.25, -0.2) is 9.59 Å². The molecule has 35 heavy (non-hydrogen) atoms. The van der Waals surface area contributed by atoms with Crippen molar-refractivity contribution >= 4 is 62.7 Å². The van der Waals surface area contributed by atoms with E-state index in [9.17, 15) is 19.2 Å². The number of nitrogens with zero attached hydrogens (tertiary/aromatic N) is 2. The summed E-state index contributed by atoms with van der Waals surface area (Å²) in [6.45, 7) is 2.01. The number of rotatable bonds is 8. The molecule has 2 N–H and O–H groups in total. The number of carbonyl (C=O) groups excluding carboxylic acids is 3. The van der Waals surface area contributed by atoms with Crippen LogP contribution in [0.2, 0.25) is 0 Å². The van der Waals surface area contributed by atoms with Gasteiger partial charge in [-0.15, -0.1) is 10.2 Å². The van der Waals surface area contributed by atoms with Gasteiger partial charge < -0.3 is 14.5 Å². The van der Waals surface area contributed by atoms with Gasteiger partial charge in [0.2, 0.25) is 11.0 Å². The molecule has 0 aliphatic rings. The summed E-state index contributed by atoms with van der Waals surface area (Å²) in [5, 5.41) is 13.9. The third kappa shape index (κ3) is 6.11. The van der Waals surface area contributed by atoms with E-state index in [1.807, 2.05) is 0 Å². The first kappa shape index (κ1) is 24.1. The number of hydrogen-bond donors (Lipinski definition) is 2. The summed E-state index contributed by atoms with van der Waals surface area (Å²) >= 11 is 2.21. The van der Waals surface area contributed by atoms with E-state index in [0.29, 0.717) is 26.6 Å². The second-order valence-corrected chi connectivity index (χ2v) is 9.15. The number of nitrogens with one attached hydrogen (secondary N) is 2. The number of benzene rings is 2. The van der Waals surface area contributed by atoms with Gasteiger partial charge >= 0.3 is 11.6 Å². The average molecular weight is 511 g/mol. The lowest BCUT2D eigenvalue weighted by molar-refractivity contribution is -0.113. The first-order chi connectivity index (χ1) is 16.9. The van der Waals surface area contributed by atoms with Crippen molar-refractivity contribution in [1.82, 2.24) is 10.2 Å². The van der Waals surface area contributed by atoms with Crippen LogP contribution in [0.5, 0.6) is 0 Å². The Bertz CT molecular complexity index is 1450. The van der Waals surface area contributed by atoms with Gasteiger partial charge in [-0.2, -0.15) is 0 Å². The maximum Gasteiger partial charge on any atom is 0.349 e. The van der Waals surface area contributed by atoms with Crippen molar-refractivity contribution in [2.45, 2.75) is 11.3 Å². The molecule has 4 aromatic rings. The van der Waals surface area contributed by atoms with Gasteiger partial charge in [0.05, 0.1) is 17.9 Å². The lowest BCUT2D eigenvalue weighted by Crippen LogP contribution is -2.20. The van der Waals surface area contributed by atoms with Gasteiger partial charge in [0.1, 0.15) is 11.1 Å². The zero-order chi connectivity index (χ0) is 24.8. The van der Waals surface area contributed by atoms with Crippen LogP contribution in [0.3, 0.4) is 0 Å². The summed E-state index contributed by atoms with van der Waals surface area (Å²) in [7, 11) is 0. The normalized spacial score (nSPS) is 10.7. The van der Waals surface area contributed by atoms with Crippen molar-refractivity contribution in [2.75, 3.05) is 23.0 Å². The molecule has 178 valence electrons. The molecule has 0 saturated carbocycles. The number of hydrogen-bond acceptors (Lipinski definition) is 10. The summed E-state index contributed by atoms with van der Waals surface area (Å²) in [5.41, 5.74) is 0.401. The fraction of sp³-hybridized carbons (Fsp3) is 0.130. The van der Waals surface area contributed by atoms with Crippen molar-refractivity contribution in [2.24, 2.45) is 0 Å². The van der Waals surface area contributed by atoms with Crippen molar-refractivity contribution in [3.05, 3.63) is 76.1 Å². The largest absolute Gasteiger partial charge is 0.462 e. The molecule has 0 spiro atoms. The van der Waals surface area contributed by atoms with E-state index in [0.717, 1.165) is 23.1 Å². The van der Waals surface area contributed by atoms with Crippen LogP contribution in [0, 0.1) is 0 Å². The summed E-state index contributed by atoms with van der Waals surface area (Å²) < 4.78 is 10.6. The van der Waals surface area contributed by atoms with Gasteiger partial charge in [0, 0.05) is 11.1 Å². The monoisotopic (exact) mass is 510 g/mol. The quantitative estimate of drug-likeness (QED) is 0.157. The summed E-state index contributed by atoms with van der Waals surface area (Å²) in [6, 6.07) is 14.7. The number of carbonyl (C=O) groups is 3. The van der Waals surface area contributed by atoms with E-state index < -0.39 is 17.5 Å². The number of amides is 2. The van der Waals surface area contributed by atoms with Gasteiger partial charge in [-0.3, -0.25) is 14.9 Å². The number of ether oxygens (including phenoxy) is 1. The Morgan fingerprint density at radius 1 is 1.06 bits per heavy atom. The Morgan fingerprint density at radius 3 is 2.60 bits per heavy atom. The van der Waals surface area contributed by atoms with Crippen molar-refractivity contribution in [3.8, 4) is 0 Å². The number of para-hydroxylation sites is 1. The van der Waals surface area contributed by atoms with Crippen LogP contribution in [-0.4, -0.2) is 40.3 Å². The third-order valence-corrected chi connectivity index (χ3v) is 6.49. The number of anilines is 2. The molecule has 4 rings (SSSR count). The topological polar surface area (TPSA) is 140 Å². The highest BCUT2D eigenvalue weighted by molar-refractivity contribution is 8.01. The molecule has 0 bridgehead atoms. The maximum atomic E-state index is 12.5. The van der Waals surface area contributed by atoms with Crippen LogP contribution < -0.4 is 16.3 Å². The molecule has 0 radical (unpaired) electrons. The Kier molecular flexibility index (Phi) is 7.53. The lowest BCUT2D eigenvalue weighted by Gasteiger charge is -2.06. The van der Waals surface area contributed by atoms with Crippen LogP contribution in [0.25, 0.3) is 11.0 Å². The molecule has 0 atom stereocenters. The van der Waals surface area contributed by atoms with E-state index in [4.69, 9.17) is 9.15 Å². The Labute approximate surface area is 206 Å². The van der Waals surface area contributed by atoms with E-state index >= 15 is 0 Å². The highest BCUT2D eigenvalue weighted by Gasteiger charge is 2.17. The number of esters is 1. The van der Waals surface area contributed by atoms with Gasteiger partial charge in [-0.1, -0.05) is 41.3 Å². The third-order valence-electron chi connectivity index (χ3n) is 4.52. The Balaban J connectivity index is 1.31.